The zero-order valence-corrected chi connectivity index (χ0v) is 16.6. The molecule has 150 valence electrons. The third-order valence-corrected chi connectivity index (χ3v) is 4.82. The largest absolute Gasteiger partial charge is 0.329 e. The summed E-state index contributed by atoms with van der Waals surface area (Å²) in [6, 6.07) is 7.15. The van der Waals surface area contributed by atoms with E-state index in [9.17, 15) is 22.8 Å². The van der Waals surface area contributed by atoms with E-state index in [1.165, 1.54) is 16.7 Å². The van der Waals surface area contributed by atoms with Crippen molar-refractivity contribution in [1.82, 2.24) is 4.90 Å². The van der Waals surface area contributed by atoms with Gasteiger partial charge in [0.25, 0.3) is 5.91 Å². The summed E-state index contributed by atoms with van der Waals surface area (Å²) in [6.07, 6.45) is 2.51. The maximum Gasteiger partial charge on any atom is 0.254 e. The molecule has 0 aliphatic rings. The van der Waals surface area contributed by atoms with Gasteiger partial charge >= 0.3 is 0 Å². The minimum atomic E-state index is -1.66. The first-order chi connectivity index (χ1) is 13.3. The highest BCUT2D eigenvalue weighted by Gasteiger charge is 2.22. The fraction of sp³-hybridized carbons (Fsp3) is 0.300. The molecule has 0 spiro atoms. The molecule has 2 rings (SSSR count). The quantitative estimate of drug-likeness (QED) is 0.535. The molecule has 2 aromatic rings. The average Bonchev–Trinajstić information content (AvgIpc) is 2.68. The molecule has 0 heterocycles. The summed E-state index contributed by atoms with van der Waals surface area (Å²) < 4.78 is 40.1. The highest BCUT2D eigenvalue weighted by molar-refractivity contribution is 7.98. The Hall–Kier alpha value is -2.48. The van der Waals surface area contributed by atoms with Crippen LogP contribution in [0, 0.1) is 24.4 Å². The van der Waals surface area contributed by atoms with Crippen molar-refractivity contribution in [2.24, 2.45) is 0 Å². The first-order valence-corrected chi connectivity index (χ1v) is 9.88. The van der Waals surface area contributed by atoms with Gasteiger partial charge in [0.05, 0.1) is 5.69 Å². The van der Waals surface area contributed by atoms with E-state index in [-0.39, 0.29) is 12.5 Å². The predicted molar refractivity (Wildman–Crippen MR) is 104 cm³/mol. The zero-order chi connectivity index (χ0) is 20.8. The Morgan fingerprint density at radius 1 is 1.11 bits per heavy atom. The van der Waals surface area contributed by atoms with Crippen LogP contribution in [0.2, 0.25) is 0 Å². The number of amides is 2. The van der Waals surface area contributed by atoms with Gasteiger partial charge in [-0.05, 0) is 49.4 Å². The van der Waals surface area contributed by atoms with E-state index in [0.717, 1.165) is 22.6 Å². The molecular weight excluding hydrogens is 389 g/mol. The van der Waals surface area contributed by atoms with Gasteiger partial charge in [-0.2, -0.15) is 0 Å². The fourth-order valence-electron chi connectivity index (χ4n) is 2.64. The van der Waals surface area contributed by atoms with E-state index in [0.29, 0.717) is 18.5 Å². The van der Waals surface area contributed by atoms with Crippen molar-refractivity contribution in [2.45, 2.75) is 25.2 Å². The lowest BCUT2D eigenvalue weighted by Crippen LogP contribution is -2.39. The summed E-state index contributed by atoms with van der Waals surface area (Å²) in [5.74, 6) is -5.52. The van der Waals surface area contributed by atoms with Crippen LogP contribution in [0.3, 0.4) is 0 Å². The van der Waals surface area contributed by atoms with Crippen LogP contribution in [0.15, 0.2) is 35.2 Å². The number of thioether (sulfide) groups is 1. The molecule has 1 N–H and O–H groups in total. The second-order valence-corrected chi connectivity index (χ2v) is 7.06. The van der Waals surface area contributed by atoms with E-state index >= 15 is 0 Å². The molecule has 2 aromatic carbocycles. The number of anilines is 1. The molecule has 0 atom stereocenters. The normalized spacial score (nSPS) is 10.6. The molecule has 2 amide bonds. The monoisotopic (exact) mass is 410 g/mol. The van der Waals surface area contributed by atoms with Crippen molar-refractivity contribution >= 4 is 29.3 Å². The Morgan fingerprint density at radius 2 is 1.82 bits per heavy atom. The van der Waals surface area contributed by atoms with Gasteiger partial charge in [-0.15, -0.1) is 11.8 Å². The number of carbonyl (C=O) groups is 2. The Morgan fingerprint density at radius 3 is 2.46 bits per heavy atom. The minimum absolute atomic E-state index is 0.315. The van der Waals surface area contributed by atoms with Crippen molar-refractivity contribution < 1.29 is 22.8 Å². The second-order valence-electron chi connectivity index (χ2n) is 6.18. The molecule has 0 bridgehead atoms. The maximum absolute atomic E-state index is 13.8. The number of aryl methyl sites for hydroxylation is 1. The Bertz CT molecular complexity index is 890. The third kappa shape index (κ3) is 5.07. The molecule has 0 aliphatic heterocycles. The standard InChI is InChI=1S/C20H21F3N2O2S/c1-4-9-25(20(27)14-10-13(28-3)6-5-12(14)2)11-17(26)24-16-8-7-15(21)18(22)19(16)23/h5-8,10H,4,9,11H2,1-3H3,(H,24,26). The maximum atomic E-state index is 13.8. The van der Waals surface area contributed by atoms with Gasteiger partial charge in [0.2, 0.25) is 5.91 Å². The first-order valence-electron chi connectivity index (χ1n) is 8.65. The topological polar surface area (TPSA) is 49.4 Å². The number of nitrogens with one attached hydrogen (secondary N) is 1. The summed E-state index contributed by atoms with van der Waals surface area (Å²) in [5.41, 5.74) is 0.774. The predicted octanol–water partition coefficient (Wildman–Crippen LogP) is 4.63. The van der Waals surface area contributed by atoms with Crippen LogP contribution < -0.4 is 5.32 Å². The molecule has 4 nitrogen and oxygen atoms in total. The molecule has 8 heteroatoms. The molecule has 0 aliphatic carbocycles. The van der Waals surface area contributed by atoms with Gasteiger partial charge < -0.3 is 10.2 Å². The van der Waals surface area contributed by atoms with Crippen molar-refractivity contribution in [1.29, 1.82) is 0 Å². The third-order valence-electron chi connectivity index (χ3n) is 4.10. The molecule has 0 aromatic heterocycles. The molecule has 28 heavy (non-hydrogen) atoms. The number of halogens is 3. The van der Waals surface area contributed by atoms with Crippen LogP contribution in [0.1, 0.15) is 29.3 Å². The molecule has 0 fully saturated rings. The van der Waals surface area contributed by atoms with E-state index < -0.39 is 29.0 Å². The minimum Gasteiger partial charge on any atom is -0.329 e. The van der Waals surface area contributed by atoms with Gasteiger partial charge in [0.15, 0.2) is 17.5 Å². The van der Waals surface area contributed by atoms with E-state index in [1.807, 2.05) is 25.3 Å². The van der Waals surface area contributed by atoms with Crippen molar-refractivity contribution in [3.8, 4) is 0 Å². The number of rotatable bonds is 7. The second kappa shape index (κ2) is 9.64. The van der Waals surface area contributed by atoms with Crippen molar-refractivity contribution in [3.63, 3.8) is 0 Å². The first kappa shape index (κ1) is 21.8. The molecule has 0 saturated carbocycles. The van der Waals surface area contributed by atoms with Crippen LogP contribution in [-0.4, -0.2) is 36.1 Å². The lowest BCUT2D eigenvalue weighted by Gasteiger charge is -2.23. The highest BCUT2D eigenvalue weighted by Crippen LogP contribution is 2.22. The van der Waals surface area contributed by atoms with E-state index in [4.69, 9.17) is 0 Å². The van der Waals surface area contributed by atoms with Crippen LogP contribution in [-0.2, 0) is 4.79 Å². The van der Waals surface area contributed by atoms with Gasteiger partial charge in [0, 0.05) is 17.0 Å². The summed E-state index contributed by atoms with van der Waals surface area (Å²) in [5, 5.41) is 2.19. The van der Waals surface area contributed by atoms with Crippen LogP contribution in [0.5, 0.6) is 0 Å². The van der Waals surface area contributed by atoms with Crippen molar-refractivity contribution in [3.05, 3.63) is 58.9 Å². The number of carbonyl (C=O) groups excluding carboxylic acids is 2. The number of hydrogen-bond acceptors (Lipinski definition) is 3. The Labute approximate surface area is 166 Å². The summed E-state index contributed by atoms with van der Waals surface area (Å²) in [4.78, 5) is 27.5. The number of hydrogen-bond donors (Lipinski definition) is 1. The molecule has 0 saturated heterocycles. The average molecular weight is 410 g/mol. The summed E-state index contributed by atoms with van der Waals surface area (Å²) in [6.45, 7) is 3.64. The summed E-state index contributed by atoms with van der Waals surface area (Å²) >= 11 is 1.50. The fourth-order valence-corrected chi connectivity index (χ4v) is 3.08. The number of nitrogens with zero attached hydrogens (tertiary/aromatic N) is 1. The Balaban J connectivity index is 2.19. The van der Waals surface area contributed by atoms with E-state index in [2.05, 4.69) is 5.32 Å². The summed E-state index contributed by atoms with van der Waals surface area (Å²) in [7, 11) is 0. The van der Waals surface area contributed by atoms with Gasteiger partial charge in [0.1, 0.15) is 6.54 Å². The van der Waals surface area contributed by atoms with E-state index in [1.54, 1.807) is 13.0 Å². The zero-order valence-electron chi connectivity index (χ0n) is 15.8. The number of benzene rings is 2. The smallest absolute Gasteiger partial charge is 0.254 e. The molecule has 0 radical (unpaired) electrons. The highest BCUT2D eigenvalue weighted by atomic mass is 32.2. The van der Waals surface area contributed by atoms with Crippen LogP contribution in [0.25, 0.3) is 0 Å². The van der Waals surface area contributed by atoms with Gasteiger partial charge in [-0.25, -0.2) is 13.2 Å². The Kier molecular flexibility index (Phi) is 7.51. The molecule has 0 unspecified atom stereocenters. The lowest BCUT2D eigenvalue weighted by molar-refractivity contribution is -0.116. The SMILES string of the molecule is CCCN(CC(=O)Nc1ccc(F)c(F)c1F)C(=O)c1cc(SC)ccc1C. The van der Waals surface area contributed by atoms with Crippen molar-refractivity contribution in [2.75, 3.05) is 24.7 Å². The van der Waals surface area contributed by atoms with Gasteiger partial charge in [-0.1, -0.05) is 13.0 Å². The lowest BCUT2D eigenvalue weighted by atomic mass is 10.1. The van der Waals surface area contributed by atoms with Gasteiger partial charge in [-0.3, -0.25) is 9.59 Å². The van der Waals surface area contributed by atoms with Crippen LogP contribution in [0.4, 0.5) is 18.9 Å². The van der Waals surface area contributed by atoms with Crippen LogP contribution >= 0.6 is 11.8 Å². The molecular formula is C20H21F3N2O2S.